The van der Waals surface area contributed by atoms with Crippen molar-refractivity contribution in [3.63, 3.8) is 0 Å². The Morgan fingerprint density at radius 1 is 1.21 bits per heavy atom. The van der Waals surface area contributed by atoms with E-state index in [9.17, 15) is 8.78 Å². The standard InChI is InChI=1S/C14H11BrF2OS/c1-18-9-3-2-4-10(7-9)19-8-11-13(16)6-5-12(15)14(11)17/h2-7H,8H2,1H3. The zero-order valence-electron chi connectivity index (χ0n) is 10.1. The number of ether oxygens (including phenoxy) is 1. The molecule has 0 aliphatic heterocycles. The second-order valence-electron chi connectivity index (χ2n) is 3.79. The molecule has 0 unspecified atom stereocenters. The smallest absolute Gasteiger partial charge is 0.144 e. The molecule has 100 valence electrons. The minimum atomic E-state index is -0.546. The Morgan fingerprint density at radius 3 is 2.74 bits per heavy atom. The third-order valence-electron chi connectivity index (χ3n) is 2.56. The zero-order chi connectivity index (χ0) is 13.8. The van der Waals surface area contributed by atoms with E-state index in [2.05, 4.69) is 15.9 Å². The van der Waals surface area contributed by atoms with E-state index in [1.165, 1.54) is 23.9 Å². The Labute approximate surface area is 123 Å². The van der Waals surface area contributed by atoms with Crippen LogP contribution in [0, 0.1) is 11.6 Å². The van der Waals surface area contributed by atoms with Gasteiger partial charge < -0.3 is 4.74 Å². The molecule has 0 saturated carbocycles. The van der Waals surface area contributed by atoms with Gasteiger partial charge in [-0.05, 0) is 46.3 Å². The fourth-order valence-electron chi connectivity index (χ4n) is 1.55. The summed E-state index contributed by atoms with van der Waals surface area (Å²) >= 11 is 4.42. The molecule has 2 rings (SSSR count). The van der Waals surface area contributed by atoms with E-state index < -0.39 is 11.6 Å². The first-order chi connectivity index (χ1) is 9.11. The lowest BCUT2D eigenvalue weighted by Gasteiger charge is -2.07. The van der Waals surface area contributed by atoms with Gasteiger partial charge in [0.2, 0.25) is 0 Å². The minimum Gasteiger partial charge on any atom is -0.497 e. The van der Waals surface area contributed by atoms with Crippen molar-refractivity contribution in [2.45, 2.75) is 10.6 Å². The number of rotatable bonds is 4. The van der Waals surface area contributed by atoms with E-state index in [0.717, 1.165) is 10.6 Å². The first-order valence-corrected chi connectivity index (χ1v) is 7.29. The lowest BCUT2D eigenvalue weighted by molar-refractivity contribution is 0.413. The molecule has 19 heavy (non-hydrogen) atoms. The van der Waals surface area contributed by atoms with Gasteiger partial charge in [0.05, 0.1) is 11.6 Å². The van der Waals surface area contributed by atoms with Gasteiger partial charge in [0.1, 0.15) is 17.4 Å². The van der Waals surface area contributed by atoms with Gasteiger partial charge in [-0.2, -0.15) is 0 Å². The van der Waals surface area contributed by atoms with Crippen LogP contribution in [0.25, 0.3) is 0 Å². The van der Waals surface area contributed by atoms with Crippen LogP contribution in [0.2, 0.25) is 0 Å². The molecule has 0 aliphatic carbocycles. The maximum Gasteiger partial charge on any atom is 0.144 e. The number of halogens is 3. The van der Waals surface area contributed by atoms with Gasteiger partial charge in [-0.3, -0.25) is 0 Å². The summed E-state index contributed by atoms with van der Waals surface area (Å²) in [6, 6.07) is 10.00. The molecule has 0 bridgehead atoms. The Bertz CT molecular complexity index is 590. The quantitative estimate of drug-likeness (QED) is 0.568. The van der Waals surface area contributed by atoms with Crippen LogP contribution < -0.4 is 4.74 Å². The van der Waals surface area contributed by atoms with Crippen LogP contribution in [-0.4, -0.2) is 7.11 Å². The maximum atomic E-state index is 13.8. The molecule has 0 radical (unpaired) electrons. The number of hydrogen-bond acceptors (Lipinski definition) is 2. The van der Waals surface area contributed by atoms with E-state index in [1.807, 2.05) is 24.3 Å². The molecule has 5 heteroatoms. The summed E-state index contributed by atoms with van der Waals surface area (Å²) in [5.41, 5.74) is 0.0715. The molecule has 0 saturated heterocycles. The molecule has 0 amide bonds. The second kappa shape index (κ2) is 6.39. The highest BCUT2D eigenvalue weighted by atomic mass is 79.9. The second-order valence-corrected chi connectivity index (χ2v) is 5.69. The first kappa shape index (κ1) is 14.3. The molecule has 1 nitrogen and oxygen atoms in total. The zero-order valence-corrected chi connectivity index (χ0v) is 12.5. The first-order valence-electron chi connectivity index (χ1n) is 5.51. The van der Waals surface area contributed by atoms with E-state index >= 15 is 0 Å². The Morgan fingerprint density at radius 2 is 2.00 bits per heavy atom. The summed E-state index contributed by atoms with van der Waals surface area (Å²) in [5.74, 6) is -0.128. The number of benzene rings is 2. The normalized spacial score (nSPS) is 10.5. The van der Waals surface area contributed by atoms with Crippen LogP contribution in [0.5, 0.6) is 5.75 Å². The van der Waals surface area contributed by atoms with Gasteiger partial charge in [0.15, 0.2) is 0 Å². The van der Waals surface area contributed by atoms with Gasteiger partial charge >= 0.3 is 0 Å². The van der Waals surface area contributed by atoms with Crippen molar-refractivity contribution in [1.82, 2.24) is 0 Å². The number of thioether (sulfide) groups is 1. The third kappa shape index (κ3) is 3.48. The Kier molecular flexibility index (Phi) is 4.82. The molecule has 0 spiro atoms. The fraction of sp³-hybridized carbons (Fsp3) is 0.143. The van der Waals surface area contributed by atoms with Crippen LogP contribution in [0.4, 0.5) is 8.78 Å². The van der Waals surface area contributed by atoms with E-state index in [1.54, 1.807) is 7.11 Å². The van der Waals surface area contributed by atoms with Crippen molar-refractivity contribution in [3.05, 3.63) is 58.1 Å². The number of methoxy groups -OCH3 is 1. The summed E-state index contributed by atoms with van der Waals surface area (Å²) in [6.07, 6.45) is 0. The highest BCUT2D eigenvalue weighted by Crippen LogP contribution is 2.30. The van der Waals surface area contributed by atoms with E-state index in [4.69, 9.17) is 4.74 Å². The largest absolute Gasteiger partial charge is 0.497 e. The summed E-state index contributed by atoms with van der Waals surface area (Å²) < 4.78 is 32.7. The van der Waals surface area contributed by atoms with Crippen LogP contribution in [0.3, 0.4) is 0 Å². The van der Waals surface area contributed by atoms with Gasteiger partial charge in [-0.25, -0.2) is 8.78 Å². The topological polar surface area (TPSA) is 9.23 Å². The van der Waals surface area contributed by atoms with Crippen LogP contribution >= 0.6 is 27.7 Å². The molecular formula is C14H11BrF2OS. The molecular weight excluding hydrogens is 334 g/mol. The Balaban J connectivity index is 2.16. The van der Waals surface area contributed by atoms with Gasteiger partial charge in [0.25, 0.3) is 0 Å². The highest BCUT2D eigenvalue weighted by molar-refractivity contribution is 9.10. The molecule has 0 atom stereocenters. The molecule has 0 aromatic heterocycles. The molecule has 2 aromatic rings. The van der Waals surface area contributed by atoms with E-state index in [-0.39, 0.29) is 15.8 Å². The van der Waals surface area contributed by atoms with Gasteiger partial charge in [-0.15, -0.1) is 11.8 Å². The average Bonchev–Trinajstić information content (AvgIpc) is 2.43. The van der Waals surface area contributed by atoms with Gasteiger partial charge in [0, 0.05) is 16.2 Å². The third-order valence-corrected chi connectivity index (χ3v) is 4.20. The van der Waals surface area contributed by atoms with Crippen molar-refractivity contribution in [2.75, 3.05) is 7.11 Å². The SMILES string of the molecule is COc1cccc(SCc2c(F)ccc(Br)c2F)c1. The van der Waals surface area contributed by atoms with Crippen LogP contribution in [0.1, 0.15) is 5.56 Å². The van der Waals surface area contributed by atoms with Crippen molar-refractivity contribution in [1.29, 1.82) is 0 Å². The van der Waals surface area contributed by atoms with Crippen molar-refractivity contribution in [2.24, 2.45) is 0 Å². The molecule has 0 aliphatic rings. The monoisotopic (exact) mass is 344 g/mol. The van der Waals surface area contributed by atoms with Crippen molar-refractivity contribution >= 4 is 27.7 Å². The lowest BCUT2D eigenvalue weighted by Crippen LogP contribution is -1.94. The predicted octanol–water partition coefficient (Wildman–Crippen LogP) is 5.03. The summed E-state index contributed by atoms with van der Waals surface area (Å²) in [5, 5.41) is 0. The highest BCUT2D eigenvalue weighted by Gasteiger charge is 2.12. The minimum absolute atomic E-state index is 0.0715. The van der Waals surface area contributed by atoms with Crippen LogP contribution in [-0.2, 0) is 5.75 Å². The Hall–Kier alpha value is -1.07. The van der Waals surface area contributed by atoms with E-state index in [0.29, 0.717) is 0 Å². The lowest BCUT2D eigenvalue weighted by atomic mass is 10.2. The molecule has 0 N–H and O–H groups in total. The molecule has 0 heterocycles. The summed E-state index contributed by atoms with van der Waals surface area (Å²) in [7, 11) is 1.58. The fourth-order valence-corrected chi connectivity index (χ4v) is 2.87. The summed E-state index contributed by atoms with van der Waals surface area (Å²) in [6.45, 7) is 0. The average molecular weight is 345 g/mol. The van der Waals surface area contributed by atoms with Crippen molar-refractivity contribution < 1.29 is 13.5 Å². The number of hydrogen-bond donors (Lipinski definition) is 0. The predicted molar refractivity (Wildman–Crippen MR) is 76.6 cm³/mol. The van der Waals surface area contributed by atoms with Crippen LogP contribution in [0.15, 0.2) is 45.8 Å². The van der Waals surface area contributed by atoms with Gasteiger partial charge in [-0.1, -0.05) is 6.07 Å². The molecule has 0 fully saturated rings. The van der Waals surface area contributed by atoms with Crippen molar-refractivity contribution in [3.8, 4) is 5.75 Å². The maximum absolute atomic E-state index is 13.8. The molecule has 2 aromatic carbocycles. The summed E-state index contributed by atoms with van der Waals surface area (Å²) in [4.78, 5) is 0.901.